The minimum atomic E-state index is -2.49. The van der Waals surface area contributed by atoms with Crippen LogP contribution in [-0.2, 0) is 37.9 Å². The van der Waals surface area contributed by atoms with Crippen LogP contribution >= 0.6 is 45.3 Å². The molecule has 9 nitrogen and oxygen atoms in total. The number of rotatable bonds is 8. The first kappa shape index (κ1) is 42.2. The summed E-state index contributed by atoms with van der Waals surface area (Å²) in [6, 6.07) is 44.1. The number of thiophene rings is 4. The lowest BCUT2D eigenvalue weighted by atomic mass is 9.90. The molecule has 0 radical (unpaired) electrons. The van der Waals surface area contributed by atoms with Gasteiger partial charge in [0.05, 0.1) is 40.6 Å². The van der Waals surface area contributed by atoms with Gasteiger partial charge >= 0.3 is 17.5 Å². The van der Waals surface area contributed by atoms with E-state index in [4.69, 9.17) is 14.2 Å². The molecule has 1 aliphatic heterocycles. The Morgan fingerprint density at radius 2 is 0.857 bits per heavy atom. The molecular weight excluding hydrogens is 957 g/mol. The van der Waals surface area contributed by atoms with Gasteiger partial charge in [-0.25, -0.2) is 9.59 Å². The number of hydrogen-bond acceptors (Lipinski definition) is 13. The van der Waals surface area contributed by atoms with Gasteiger partial charge in [-0.05, 0) is 81.2 Å². The average Bonchev–Trinajstić information content (AvgIpc) is 4.22. The smallest absolute Gasteiger partial charge is 0.367 e. The molecule has 4 aromatic heterocycles. The van der Waals surface area contributed by atoms with Crippen molar-refractivity contribution < 1.29 is 43.0 Å². The van der Waals surface area contributed by atoms with E-state index in [1.165, 1.54) is 45.3 Å². The number of fused-ring (bicyclic) bond motifs is 11. The maximum absolute atomic E-state index is 15.2. The molecule has 13 heteroatoms. The first-order valence-electron chi connectivity index (χ1n) is 22.1. The fraction of sp³-hybridized carbons (Fsp3) is 0.0526. The molecule has 336 valence electrons. The number of hydrogen-bond donors (Lipinski definition) is 0. The molecule has 0 saturated carbocycles. The molecule has 0 unspecified atom stereocenters. The van der Waals surface area contributed by atoms with Crippen LogP contribution in [0.3, 0.4) is 0 Å². The summed E-state index contributed by atoms with van der Waals surface area (Å²) in [7, 11) is 0. The third kappa shape index (κ3) is 6.53. The minimum absolute atomic E-state index is 0.0185. The van der Waals surface area contributed by atoms with Crippen molar-refractivity contribution in [3.05, 3.63) is 205 Å². The summed E-state index contributed by atoms with van der Waals surface area (Å²) in [6.07, 6.45) is 3.18. The highest BCUT2D eigenvalue weighted by Crippen LogP contribution is 2.61. The second-order valence-electron chi connectivity index (χ2n) is 17.1. The highest BCUT2D eigenvalue weighted by Gasteiger charge is 2.60. The van der Waals surface area contributed by atoms with Gasteiger partial charge in [0.2, 0.25) is 0 Å². The lowest BCUT2D eigenvalue weighted by Crippen LogP contribution is -2.52. The Morgan fingerprint density at radius 1 is 0.471 bits per heavy atom. The van der Waals surface area contributed by atoms with Crippen LogP contribution in [0.2, 0.25) is 0 Å². The molecule has 6 aromatic carbocycles. The van der Waals surface area contributed by atoms with Crippen molar-refractivity contribution in [2.75, 3.05) is 0 Å². The molecule has 0 saturated heterocycles. The van der Waals surface area contributed by atoms with Crippen molar-refractivity contribution in [1.82, 2.24) is 0 Å². The average molecular weight is 987 g/mol. The number of Topliss-reactive ketones (excluding diaryl/α,β-unsaturated/α-hetero) is 4. The molecule has 10 aromatic rings. The molecule has 2 aliphatic carbocycles. The molecule has 0 amide bonds. The zero-order valence-electron chi connectivity index (χ0n) is 36.2. The van der Waals surface area contributed by atoms with Gasteiger partial charge in [-0.1, -0.05) is 109 Å². The Labute approximate surface area is 413 Å². The van der Waals surface area contributed by atoms with Gasteiger partial charge in [-0.2, -0.15) is 0 Å². The summed E-state index contributed by atoms with van der Waals surface area (Å²) in [6.45, 7) is -0.354. The van der Waals surface area contributed by atoms with Crippen molar-refractivity contribution >= 4 is 133 Å². The fourth-order valence-electron chi connectivity index (χ4n) is 9.45. The number of carbonyl (C=O) groups is 6. The molecule has 0 bridgehead atoms. The van der Waals surface area contributed by atoms with Gasteiger partial charge in [0.25, 0.3) is 0 Å². The second-order valence-corrected chi connectivity index (χ2v) is 21.4. The van der Waals surface area contributed by atoms with Crippen LogP contribution in [0.4, 0.5) is 0 Å². The summed E-state index contributed by atoms with van der Waals surface area (Å²) in [5.41, 5.74) is 0.558. The summed E-state index contributed by atoms with van der Waals surface area (Å²) in [5.74, 6) is -3.21. The Bertz CT molecular complexity index is 3880. The molecule has 3 aliphatic rings. The van der Waals surface area contributed by atoms with Crippen LogP contribution in [0.25, 0.3) is 62.3 Å². The van der Waals surface area contributed by atoms with Crippen molar-refractivity contribution in [3.63, 3.8) is 0 Å². The Kier molecular flexibility index (Phi) is 9.69. The van der Waals surface area contributed by atoms with Crippen LogP contribution in [0.15, 0.2) is 157 Å². The predicted molar refractivity (Wildman–Crippen MR) is 274 cm³/mol. The van der Waals surface area contributed by atoms with E-state index in [2.05, 4.69) is 0 Å². The van der Waals surface area contributed by atoms with E-state index in [0.29, 0.717) is 67.0 Å². The van der Waals surface area contributed by atoms with Gasteiger partial charge in [0, 0.05) is 36.7 Å². The van der Waals surface area contributed by atoms with Gasteiger partial charge in [-0.15, -0.1) is 45.3 Å². The number of ketones is 4. The highest BCUT2D eigenvalue weighted by atomic mass is 32.1. The second kappa shape index (κ2) is 16.1. The van der Waals surface area contributed by atoms with Crippen LogP contribution < -0.4 is 4.74 Å². The van der Waals surface area contributed by atoms with Crippen molar-refractivity contribution in [1.29, 1.82) is 0 Å². The van der Waals surface area contributed by atoms with Crippen LogP contribution in [0.1, 0.15) is 67.9 Å². The topological polar surface area (TPSA) is 130 Å². The summed E-state index contributed by atoms with van der Waals surface area (Å²) >= 11 is 5.24. The zero-order chi connectivity index (χ0) is 47.4. The van der Waals surface area contributed by atoms with Crippen molar-refractivity contribution in [3.8, 4) is 15.5 Å². The number of allylic oxidation sites excluding steroid dienone is 2. The molecular formula is C57H30O9S4. The normalized spacial score (nSPS) is 14.5. The maximum Gasteiger partial charge on any atom is 0.367 e. The molecule has 0 spiro atoms. The van der Waals surface area contributed by atoms with E-state index in [1.54, 1.807) is 60.7 Å². The predicted octanol–water partition coefficient (Wildman–Crippen LogP) is 13.2. The third-order valence-corrected chi connectivity index (χ3v) is 17.7. The van der Waals surface area contributed by atoms with Crippen LogP contribution in [0.5, 0.6) is 5.75 Å². The number of esters is 2. The summed E-state index contributed by atoms with van der Waals surface area (Å²) < 4.78 is 21.7. The minimum Gasteiger partial charge on any atom is -0.457 e. The van der Waals surface area contributed by atoms with Gasteiger partial charge < -0.3 is 14.2 Å². The van der Waals surface area contributed by atoms with Crippen molar-refractivity contribution in [2.45, 2.75) is 18.8 Å². The van der Waals surface area contributed by atoms with Crippen LogP contribution in [-0.4, -0.2) is 35.1 Å². The molecule has 0 fully saturated rings. The first-order valence-corrected chi connectivity index (χ1v) is 25.3. The maximum atomic E-state index is 15.2. The standard InChI is InChI=1S/C57H30O9S4/c58-46-37-19-31-15-7-8-16-32(31)20-38(37)47(59)41(46)23-35-25-43-51(67-35)45-53(69-43)54-50(66-57(45,55(62)64-27-29-11-3-1-4-12-29)56(63)65-28-30-13-5-2-6-14-30)52-44(70-54)26-36(68-52)24-42-48(60)39-21-33-17-9-10-18-34(33)22-40(39)49(42)61/h1-26H,27-28H2. The molecule has 70 heavy (non-hydrogen) atoms. The molecule has 13 rings (SSSR count). The van der Waals surface area contributed by atoms with Gasteiger partial charge in [0.1, 0.15) is 13.2 Å². The van der Waals surface area contributed by atoms with E-state index in [9.17, 15) is 19.2 Å². The molecule has 0 atom stereocenters. The fourth-order valence-corrected chi connectivity index (χ4v) is 14.7. The quantitative estimate of drug-likeness (QED) is 0.0632. The van der Waals surface area contributed by atoms with E-state index in [0.717, 1.165) is 26.2 Å². The van der Waals surface area contributed by atoms with Crippen molar-refractivity contribution in [2.24, 2.45) is 0 Å². The number of carbonyl (C=O) groups excluding carboxylic acids is 6. The highest BCUT2D eigenvalue weighted by molar-refractivity contribution is 7.35. The monoisotopic (exact) mass is 986 g/mol. The Hall–Kier alpha value is -7.94. The van der Waals surface area contributed by atoms with Crippen LogP contribution in [0, 0.1) is 0 Å². The molecule has 5 heterocycles. The zero-order valence-corrected chi connectivity index (χ0v) is 39.5. The number of benzene rings is 6. The lowest BCUT2D eigenvalue weighted by molar-refractivity contribution is -0.183. The Morgan fingerprint density at radius 3 is 1.30 bits per heavy atom. The van der Waals surface area contributed by atoms with E-state index in [1.807, 2.05) is 97.1 Å². The molecule has 0 N–H and O–H groups in total. The number of ether oxygens (including phenoxy) is 3. The van der Waals surface area contributed by atoms with Gasteiger partial charge in [-0.3, -0.25) is 19.2 Å². The first-order chi connectivity index (χ1) is 34.1. The summed E-state index contributed by atoms with van der Waals surface area (Å²) in [4.78, 5) is 88.2. The van der Waals surface area contributed by atoms with E-state index < -0.39 is 17.5 Å². The summed E-state index contributed by atoms with van der Waals surface area (Å²) in [5, 5.41) is 3.41. The van der Waals surface area contributed by atoms with Gasteiger partial charge in [0.15, 0.2) is 28.9 Å². The third-order valence-electron chi connectivity index (χ3n) is 12.8. The SMILES string of the molecule is O=C1C(=Cc2cc3sc4c(c3s2)OC(C(=O)OCc2ccccc2)(C(=O)OCc2ccccc2)c2c-4sc3cc(C=C4C(=O)c5cc6ccccc6cc5C4=O)sc23)C(=O)c2cc3ccccc3cc21. The Balaban J connectivity index is 0.951. The van der Waals surface area contributed by atoms with E-state index >= 15 is 9.59 Å². The largest absolute Gasteiger partial charge is 0.457 e. The lowest BCUT2D eigenvalue weighted by Gasteiger charge is -2.33. The van der Waals surface area contributed by atoms with E-state index in [-0.39, 0.29) is 58.8 Å².